The molecule has 1 N–H and O–H groups in total. The summed E-state index contributed by atoms with van der Waals surface area (Å²) in [7, 11) is 0. The van der Waals surface area contributed by atoms with Gasteiger partial charge in [0.25, 0.3) is 0 Å². The quantitative estimate of drug-likeness (QED) is 0.733. The summed E-state index contributed by atoms with van der Waals surface area (Å²) in [6.45, 7) is 3.30. The summed E-state index contributed by atoms with van der Waals surface area (Å²) < 4.78 is 0. The van der Waals surface area contributed by atoms with E-state index >= 15 is 0 Å². The molecular weight excluding hydrogens is 340 g/mol. The fourth-order valence-corrected chi connectivity index (χ4v) is 4.56. The summed E-state index contributed by atoms with van der Waals surface area (Å²) in [6, 6.07) is 20.8. The number of fused-ring (bicyclic) bond motifs is 1. The van der Waals surface area contributed by atoms with Crippen molar-refractivity contribution in [1.29, 1.82) is 0 Å². The standard InChI is InChI=1S/C22H22N2OS/c1-16-7-5-6-10-19(16)23-21(25)15-24-13-11-20-18(12-14-26-20)22(24)17-8-3-2-4-9-17/h2-10,12,14,22H,11,13,15H2,1H3,(H,23,25)/t22-/m1/s1. The Morgan fingerprint density at radius 1 is 1.12 bits per heavy atom. The second-order valence-corrected chi connectivity index (χ2v) is 7.70. The van der Waals surface area contributed by atoms with Crippen LogP contribution >= 0.6 is 11.3 Å². The number of rotatable bonds is 4. The van der Waals surface area contributed by atoms with E-state index in [4.69, 9.17) is 0 Å². The van der Waals surface area contributed by atoms with E-state index < -0.39 is 0 Å². The van der Waals surface area contributed by atoms with Gasteiger partial charge in [-0.2, -0.15) is 0 Å². The van der Waals surface area contributed by atoms with E-state index in [2.05, 4.69) is 45.9 Å². The molecule has 4 heteroatoms. The Morgan fingerprint density at radius 2 is 1.88 bits per heavy atom. The average Bonchev–Trinajstić information content (AvgIpc) is 3.13. The molecule has 1 atom stereocenters. The molecule has 132 valence electrons. The molecule has 1 aliphatic heterocycles. The topological polar surface area (TPSA) is 32.3 Å². The molecule has 2 heterocycles. The van der Waals surface area contributed by atoms with Crippen LogP contribution in [0.3, 0.4) is 0 Å². The van der Waals surface area contributed by atoms with Gasteiger partial charge >= 0.3 is 0 Å². The first-order valence-corrected chi connectivity index (χ1v) is 9.81. The Morgan fingerprint density at radius 3 is 2.69 bits per heavy atom. The van der Waals surface area contributed by atoms with Gasteiger partial charge in [0.1, 0.15) is 0 Å². The number of hydrogen-bond acceptors (Lipinski definition) is 3. The minimum Gasteiger partial charge on any atom is -0.325 e. The van der Waals surface area contributed by atoms with Gasteiger partial charge in [0.2, 0.25) is 5.91 Å². The highest BCUT2D eigenvalue weighted by Gasteiger charge is 2.30. The Hall–Kier alpha value is -2.43. The number of para-hydroxylation sites is 1. The fraction of sp³-hybridized carbons (Fsp3) is 0.227. The molecule has 26 heavy (non-hydrogen) atoms. The molecular formula is C22H22N2OS. The lowest BCUT2D eigenvalue weighted by molar-refractivity contribution is -0.117. The largest absolute Gasteiger partial charge is 0.325 e. The number of carbonyl (C=O) groups excluding carboxylic acids is 1. The summed E-state index contributed by atoms with van der Waals surface area (Å²) >= 11 is 1.82. The van der Waals surface area contributed by atoms with Crippen molar-refractivity contribution in [2.75, 3.05) is 18.4 Å². The predicted molar refractivity (Wildman–Crippen MR) is 108 cm³/mol. The first-order valence-electron chi connectivity index (χ1n) is 8.93. The van der Waals surface area contributed by atoms with Gasteiger partial charge in [0, 0.05) is 17.1 Å². The third-order valence-electron chi connectivity index (χ3n) is 4.95. The second kappa shape index (κ2) is 7.44. The van der Waals surface area contributed by atoms with Crippen LogP contribution in [0.15, 0.2) is 66.0 Å². The van der Waals surface area contributed by atoms with Gasteiger partial charge in [0.15, 0.2) is 0 Å². The number of hydrogen-bond donors (Lipinski definition) is 1. The Kier molecular flexibility index (Phi) is 4.87. The summed E-state index contributed by atoms with van der Waals surface area (Å²) in [4.78, 5) is 16.4. The van der Waals surface area contributed by atoms with E-state index in [1.165, 1.54) is 16.0 Å². The third-order valence-corrected chi connectivity index (χ3v) is 5.94. The SMILES string of the molecule is Cc1ccccc1NC(=O)CN1CCc2sccc2[C@H]1c1ccccc1. The molecule has 1 amide bonds. The van der Waals surface area contributed by atoms with E-state index in [-0.39, 0.29) is 11.9 Å². The first kappa shape index (κ1) is 17.0. The maximum Gasteiger partial charge on any atom is 0.238 e. The highest BCUT2D eigenvalue weighted by molar-refractivity contribution is 7.10. The average molecular weight is 362 g/mol. The minimum absolute atomic E-state index is 0.0407. The number of nitrogens with one attached hydrogen (secondary N) is 1. The molecule has 0 fully saturated rings. The smallest absolute Gasteiger partial charge is 0.238 e. The summed E-state index contributed by atoms with van der Waals surface area (Å²) in [6.07, 6.45) is 1.01. The number of anilines is 1. The van der Waals surface area contributed by atoms with E-state index in [1.807, 2.05) is 48.6 Å². The van der Waals surface area contributed by atoms with Crippen molar-refractivity contribution in [2.24, 2.45) is 0 Å². The van der Waals surface area contributed by atoms with Crippen LogP contribution in [0.2, 0.25) is 0 Å². The zero-order chi connectivity index (χ0) is 17.9. The van der Waals surface area contributed by atoms with Gasteiger partial charge in [-0.15, -0.1) is 11.3 Å². The van der Waals surface area contributed by atoms with Crippen molar-refractivity contribution in [2.45, 2.75) is 19.4 Å². The van der Waals surface area contributed by atoms with Gasteiger partial charge in [-0.3, -0.25) is 9.69 Å². The molecule has 0 spiro atoms. The lowest BCUT2D eigenvalue weighted by atomic mass is 9.93. The summed E-state index contributed by atoms with van der Waals surface area (Å²) in [5.74, 6) is 0.0407. The van der Waals surface area contributed by atoms with Crippen molar-refractivity contribution in [1.82, 2.24) is 4.90 Å². The van der Waals surface area contributed by atoms with E-state index in [9.17, 15) is 4.79 Å². The molecule has 3 aromatic rings. The predicted octanol–water partition coefficient (Wildman–Crippen LogP) is 4.64. The molecule has 0 radical (unpaired) electrons. The number of aryl methyl sites for hydroxylation is 1. The number of amides is 1. The van der Waals surface area contributed by atoms with Crippen LogP contribution in [0.5, 0.6) is 0 Å². The molecule has 1 aromatic heterocycles. The number of nitrogens with zero attached hydrogens (tertiary/aromatic N) is 1. The summed E-state index contributed by atoms with van der Waals surface area (Å²) in [5, 5.41) is 5.23. The van der Waals surface area contributed by atoms with Crippen LogP contribution in [0, 0.1) is 6.92 Å². The first-order chi connectivity index (χ1) is 12.7. The van der Waals surface area contributed by atoms with Crippen molar-refractivity contribution < 1.29 is 4.79 Å². The van der Waals surface area contributed by atoms with Gasteiger partial charge in [-0.25, -0.2) is 0 Å². The van der Waals surface area contributed by atoms with Crippen LogP contribution in [-0.2, 0) is 11.2 Å². The van der Waals surface area contributed by atoms with Gasteiger partial charge < -0.3 is 5.32 Å². The molecule has 0 saturated carbocycles. The second-order valence-electron chi connectivity index (χ2n) is 6.70. The summed E-state index contributed by atoms with van der Waals surface area (Å²) in [5.41, 5.74) is 4.56. The van der Waals surface area contributed by atoms with E-state index in [0.29, 0.717) is 6.54 Å². The Bertz CT molecular complexity index is 903. The van der Waals surface area contributed by atoms with Crippen LogP contribution in [0.25, 0.3) is 0 Å². The molecule has 0 aliphatic carbocycles. The van der Waals surface area contributed by atoms with Crippen molar-refractivity contribution in [3.63, 3.8) is 0 Å². The van der Waals surface area contributed by atoms with Crippen molar-refractivity contribution >= 4 is 22.9 Å². The Labute approximate surface area is 158 Å². The Balaban J connectivity index is 1.57. The lowest BCUT2D eigenvalue weighted by Gasteiger charge is -2.35. The van der Waals surface area contributed by atoms with Crippen LogP contribution in [0.4, 0.5) is 5.69 Å². The van der Waals surface area contributed by atoms with E-state index in [0.717, 1.165) is 24.2 Å². The molecule has 3 nitrogen and oxygen atoms in total. The fourth-order valence-electron chi connectivity index (χ4n) is 3.65. The molecule has 4 rings (SSSR count). The molecule has 0 saturated heterocycles. The maximum atomic E-state index is 12.7. The van der Waals surface area contributed by atoms with Gasteiger partial charge in [-0.1, -0.05) is 48.5 Å². The highest BCUT2D eigenvalue weighted by atomic mass is 32.1. The highest BCUT2D eigenvalue weighted by Crippen LogP contribution is 2.37. The van der Waals surface area contributed by atoms with Gasteiger partial charge in [-0.05, 0) is 47.5 Å². The lowest BCUT2D eigenvalue weighted by Crippen LogP contribution is -2.40. The minimum atomic E-state index is 0.0407. The zero-order valence-corrected chi connectivity index (χ0v) is 15.6. The molecule has 1 aliphatic rings. The maximum absolute atomic E-state index is 12.7. The normalized spacial score (nSPS) is 16.9. The van der Waals surface area contributed by atoms with Crippen LogP contribution in [0.1, 0.15) is 27.6 Å². The number of thiophene rings is 1. The zero-order valence-electron chi connectivity index (χ0n) is 14.8. The van der Waals surface area contributed by atoms with E-state index in [1.54, 1.807) is 0 Å². The van der Waals surface area contributed by atoms with Crippen molar-refractivity contribution in [3.05, 3.63) is 87.6 Å². The van der Waals surface area contributed by atoms with Crippen LogP contribution < -0.4 is 5.32 Å². The van der Waals surface area contributed by atoms with Crippen LogP contribution in [-0.4, -0.2) is 23.9 Å². The van der Waals surface area contributed by atoms with Crippen molar-refractivity contribution in [3.8, 4) is 0 Å². The third kappa shape index (κ3) is 3.43. The molecule has 0 unspecified atom stereocenters. The molecule has 0 bridgehead atoms. The number of carbonyl (C=O) groups is 1. The number of benzene rings is 2. The monoisotopic (exact) mass is 362 g/mol. The molecule has 2 aromatic carbocycles. The van der Waals surface area contributed by atoms with Gasteiger partial charge in [0.05, 0.1) is 12.6 Å².